The number of carbonyl (C=O) groups is 1. The Hall–Kier alpha value is -1.00. The van der Waals surface area contributed by atoms with Gasteiger partial charge >= 0.3 is 5.97 Å². The molecule has 0 aliphatic heterocycles. The Morgan fingerprint density at radius 2 is 2.06 bits per heavy atom. The lowest BCUT2D eigenvalue weighted by molar-refractivity contribution is -0.146. The summed E-state index contributed by atoms with van der Waals surface area (Å²) in [7, 11) is 1.37. The maximum Gasteiger partial charge on any atom is 0.325 e. The lowest BCUT2D eigenvalue weighted by Crippen LogP contribution is -2.45. The highest BCUT2D eigenvalue weighted by Crippen LogP contribution is 2.20. The third kappa shape index (κ3) is 4.79. The highest BCUT2D eigenvalue weighted by Gasteiger charge is 2.28. The molecule has 17 heavy (non-hydrogen) atoms. The van der Waals surface area contributed by atoms with Gasteiger partial charge in [-0.05, 0) is 37.7 Å². The number of methoxy groups -OCH3 is 1. The number of esters is 1. The van der Waals surface area contributed by atoms with Crippen LogP contribution < -0.4 is 5.73 Å². The zero-order valence-electron chi connectivity index (χ0n) is 10.3. The lowest BCUT2D eigenvalue weighted by atomic mass is 9.98. The summed E-state index contributed by atoms with van der Waals surface area (Å²) in [5.41, 5.74) is 5.00. The average molecular weight is 253 g/mol. The molecule has 94 valence electrons. The zero-order chi connectivity index (χ0) is 12.7. The van der Waals surface area contributed by atoms with E-state index in [1.807, 2.05) is 18.2 Å². The van der Waals surface area contributed by atoms with Crippen LogP contribution >= 0.6 is 11.8 Å². The summed E-state index contributed by atoms with van der Waals surface area (Å²) in [6.07, 6.45) is 1.53. The smallest absolute Gasteiger partial charge is 0.325 e. The number of thioether (sulfide) groups is 1. The minimum absolute atomic E-state index is 0.345. The predicted octanol–water partition coefficient (Wildman–Crippen LogP) is 2.45. The molecule has 0 bridgehead atoms. The van der Waals surface area contributed by atoms with E-state index >= 15 is 0 Å². The van der Waals surface area contributed by atoms with Crippen molar-refractivity contribution in [1.82, 2.24) is 0 Å². The molecule has 1 unspecified atom stereocenters. The van der Waals surface area contributed by atoms with Gasteiger partial charge in [-0.25, -0.2) is 0 Å². The molecule has 0 aliphatic carbocycles. The SMILES string of the molecule is COC(=O)C(C)(N)CCCSc1ccccc1. The first-order valence-corrected chi connectivity index (χ1v) is 6.60. The number of hydrogen-bond acceptors (Lipinski definition) is 4. The van der Waals surface area contributed by atoms with E-state index in [1.165, 1.54) is 12.0 Å². The molecule has 0 heterocycles. The molecule has 0 radical (unpaired) electrons. The Kier molecular flexibility index (Phi) is 5.51. The van der Waals surface area contributed by atoms with Crippen molar-refractivity contribution in [3.63, 3.8) is 0 Å². The molecule has 1 atom stereocenters. The molecule has 0 fully saturated rings. The van der Waals surface area contributed by atoms with Crippen LogP contribution in [-0.2, 0) is 9.53 Å². The Labute approximate surface area is 107 Å². The summed E-state index contributed by atoms with van der Waals surface area (Å²) in [5.74, 6) is 0.607. The molecule has 0 saturated heterocycles. The first-order valence-electron chi connectivity index (χ1n) is 5.61. The topological polar surface area (TPSA) is 52.3 Å². The molecule has 0 amide bonds. The quantitative estimate of drug-likeness (QED) is 0.480. The van der Waals surface area contributed by atoms with E-state index in [0.29, 0.717) is 6.42 Å². The summed E-state index contributed by atoms with van der Waals surface area (Å²) < 4.78 is 4.66. The number of ether oxygens (including phenoxy) is 1. The van der Waals surface area contributed by atoms with Gasteiger partial charge in [0.2, 0.25) is 0 Å². The molecule has 0 spiro atoms. The van der Waals surface area contributed by atoms with Gasteiger partial charge in [0.25, 0.3) is 0 Å². The summed E-state index contributed by atoms with van der Waals surface area (Å²) in [6, 6.07) is 10.2. The van der Waals surface area contributed by atoms with E-state index in [4.69, 9.17) is 5.73 Å². The van der Waals surface area contributed by atoms with Crippen LogP contribution in [0.5, 0.6) is 0 Å². The highest BCUT2D eigenvalue weighted by molar-refractivity contribution is 7.99. The number of benzene rings is 1. The van der Waals surface area contributed by atoms with Crippen molar-refractivity contribution in [2.75, 3.05) is 12.9 Å². The van der Waals surface area contributed by atoms with E-state index in [0.717, 1.165) is 12.2 Å². The van der Waals surface area contributed by atoms with Gasteiger partial charge in [0.05, 0.1) is 7.11 Å². The summed E-state index contributed by atoms with van der Waals surface area (Å²) in [6.45, 7) is 1.71. The van der Waals surface area contributed by atoms with Crippen molar-refractivity contribution in [2.24, 2.45) is 5.73 Å². The fraction of sp³-hybridized carbons (Fsp3) is 0.462. The molecule has 0 saturated carbocycles. The van der Waals surface area contributed by atoms with Crippen LogP contribution in [0.3, 0.4) is 0 Å². The minimum Gasteiger partial charge on any atom is -0.468 e. The van der Waals surface area contributed by atoms with Gasteiger partial charge in [0, 0.05) is 4.90 Å². The third-order valence-electron chi connectivity index (χ3n) is 2.50. The molecule has 0 aliphatic rings. The highest BCUT2D eigenvalue weighted by atomic mass is 32.2. The standard InChI is InChI=1S/C13H19NO2S/c1-13(14,12(15)16-2)9-6-10-17-11-7-4-3-5-8-11/h3-5,7-8H,6,9-10,14H2,1-2H3. The van der Waals surface area contributed by atoms with Crippen molar-refractivity contribution in [3.05, 3.63) is 30.3 Å². The lowest BCUT2D eigenvalue weighted by Gasteiger charge is -2.20. The Morgan fingerprint density at radius 1 is 1.41 bits per heavy atom. The summed E-state index contributed by atoms with van der Waals surface area (Å²) >= 11 is 1.77. The van der Waals surface area contributed by atoms with E-state index in [-0.39, 0.29) is 5.97 Å². The zero-order valence-corrected chi connectivity index (χ0v) is 11.1. The Balaban J connectivity index is 2.27. The monoisotopic (exact) mass is 253 g/mol. The second-order valence-corrected chi connectivity index (χ2v) is 5.34. The molecular weight excluding hydrogens is 234 g/mol. The molecule has 1 aromatic rings. The minimum atomic E-state index is -0.869. The van der Waals surface area contributed by atoms with Crippen molar-refractivity contribution in [2.45, 2.75) is 30.2 Å². The van der Waals surface area contributed by atoms with Gasteiger partial charge in [-0.1, -0.05) is 18.2 Å². The van der Waals surface area contributed by atoms with Gasteiger partial charge in [-0.15, -0.1) is 11.8 Å². The average Bonchev–Trinajstić information content (AvgIpc) is 2.35. The van der Waals surface area contributed by atoms with E-state index in [1.54, 1.807) is 18.7 Å². The fourth-order valence-electron chi connectivity index (χ4n) is 1.48. The van der Waals surface area contributed by atoms with E-state index in [2.05, 4.69) is 16.9 Å². The molecule has 1 aromatic carbocycles. The van der Waals surface area contributed by atoms with Crippen molar-refractivity contribution >= 4 is 17.7 Å². The van der Waals surface area contributed by atoms with Gasteiger partial charge < -0.3 is 10.5 Å². The van der Waals surface area contributed by atoms with Crippen LogP contribution in [0.4, 0.5) is 0 Å². The number of hydrogen-bond donors (Lipinski definition) is 1. The van der Waals surface area contributed by atoms with Crippen LogP contribution in [0.15, 0.2) is 35.2 Å². The van der Waals surface area contributed by atoms with Crippen molar-refractivity contribution in [1.29, 1.82) is 0 Å². The molecule has 1 rings (SSSR count). The van der Waals surface area contributed by atoms with Crippen LogP contribution in [0.25, 0.3) is 0 Å². The number of nitrogens with two attached hydrogens (primary N) is 1. The number of carbonyl (C=O) groups excluding carboxylic acids is 1. The second-order valence-electron chi connectivity index (χ2n) is 4.17. The second kappa shape index (κ2) is 6.67. The first kappa shape index (κ1) is 14.1. The molecule has 2 N–H and O–H groups in total. The molecular formula is C13H19NO2S. The first-order chi connectivity index (χ1) is 8.06. The van der Waals surface area contributed by atoms with Gasteiger partial charge in [0.15, 0.2) is 0 Å². The van der Waals surface area contributed by atoms with Crippen LogP contribution in [-0.4, -0.2) is 24.4 Å². The van der Waals surface area contributed by atoms with Gasteiger partial charge in [-0.2, -0.15) is 0 Å². The Morgan fingerprint density at radius 3 is 2.65 bits per heavy atom. The van der Waals surface area contributed by atoms with Gasteiger partial charge in [0.1, 0.15) is 5.54 Å². The maximum atomic E-state index is 11.3. The van der Waals surface area contributed by atoms with Crippen molar-refractivity contribution < 1.29 is 9.53 Å². The fourth-order valence-corrected chi connectivity index (χ4v) is 2.36. The Bertz CT molecular complexity index is 352. The van der Waals surface area contributed by atoms with E-state index < -0.39 is 5.54 Å². The third-order valence-corrected chi connectivity index (χ3v) is 3.60. The number of rotatable bonds is 6. The van der Waals surface area contributed by atoms with Crippen LogP contribution in [0.1, 0.15) is 19.8 Å². The van der Waals surface area contributed by atoms with Gasteiger partial charge in [-0.3, -0.25) is 4.79 Å². The van der Waals surface area contributed by atoms with Crippen molar-refractivity contribution in [3.8, 4) is 0 Å². The summed E-state index contributed by atoms with van der Waals surface area (Å²) in [4.78, 5) is 12.6. The molecule has 3 nitrogen and oxygen atoms in total. The van der Waals surface area contributed by atoms with Crippen LogP contribution in [0, 0.1) is 0 Å². The van der Waals surface area contributed by atoms with Crippen LogP contribution in [0.2, 0.25) is 0 Å². The summed E-state index contributed by atoms with van der Waals surface area (Å²) in [5, 5.41) is 0. The maximum absolute atomic E-state index is 11.3. The molecule has 4 heteroatoms. The largest absolute Gasteiger partial charge is 0.468 e. The molecule has 0 aromatic heterocycles. The normalized spacial score (nSPS) is 14.1. The van der Waals surface area contributed by atoms with E-state index in [9.17, 15) is 4.79 Å². The predicted molar refractivity (Wildman–Crippen MR) is 71.0 cm³/mol.